The predicted octanol–water partition coefficient (Wildman–Crippen LogP) is 9.94. The molecule has 0 radical (unpaired) electrons. The Hall–Kier alpha value is -5.94. The highest BCUT2D eigenvalue weighted by Gasteiger charge is 2.44. The number of nitrogens with zero attached hydrogens (tertiary/aromatic N) is 4. The van der Waals surface area contributed by atoms with Gasteiger partial charge >= 0.3 is 0 Å². The van der Waals surface area contributed by atoms with Gasteiger partial charge in [0, 0.05) is 58.9 Å². The van der Waals surface area contributed by atoms with Crippen LogP contribution in [0.5, 0.6) is 0 Å². The normalized spacial score (nSPS) is 14.9. The average molecular weight is 657 g/mol. The van der Waals surface area contributed by atoms with Crippen LogP contribution in [-0.2, 0) is 0 Å². The Kier molecular flexibility index (Phi) is 7.30. The fourth-order valence-electron chi connectivity index (χ4n) is 8.85. The molecule has 0 bridgehead atoms. The summed E-state index contributed by atoms with van der Waals surface area (Å²) in [6, 6.07) is 49.7. The lowest BCUT2D eigenvalue weighted by Gasteiger charge is -2.45. The van der Waals surface area contributed by atoms with Crippen molar-refractivity contribution in [1.82, 2.24) is 9.97 Å². The molecule has 4 nitrogen and oxygen atoms in total. The summed E-state index contributed by atoms with van der Waals surface area (Å²) in [6.07, 6.45) is 13.9. The Morgan fingerprint density at radius 1 is 0.451 bits per heavy atom. The summed E-state index contributed by atoms with van der Waals surface area (Å²) in [4.78, 5) is 13.6. The highest BCUT2D eigenvalue weighted by Crippen LogP contribution is 2.47. The third-order valence-corrected chi connectivity index (χ3v) is 11.2. The van der Waals surface area contributed by atoms with Crippen molar-refractivity contribution in [2.24, 2.45) is 0 Å². The maximum absolute atomic E-state index is 4.31. The number of benzene rings is 5. The fraction of sp³-hybridized carbons (Fsp3) is 0.130. The van der Waals surface area contributed by atoms with Crippen LogP contribution in [-0.4, -0.2) is 16.7 Å². The molecule has 0 atom stereocenters. The van der Waals surface area contributed by atoms with E-state index in [-0.39, 0.29) is 6.71 Å². The number of para-hydroxylation sites is 2. The molecule has 3 aliphatic rings. The summed E-state index contributed by atoms with van der Waals surface area (Å²) in [5, 5.41) is 0. The van der Waals surface area contributed by atoms with Gasteiger partial charge in [-0.2, -0.15) is 0 Å². The lowest BCUT2D eigenvalue weighted by Crippen LogP contribution is -2.61. The van der Waals surface area contributed by atoms with Crippen LogP contribution in [0.1, 0.15) is 43.6 Å². The molecule has 1 saturated carbocycles. The molecule has 0 amide bonds. The number of rotatable bonds is 5. The zero-order valence-electron chi connectivity index (χ0n) is 28.5. The van der Waals surface area contributed by atoms with Gasteiger partial charge in [-0.15, -0.1) is 0 Å². The SMILES string of the molecule is c1ccc(N2c3ccc(-c4ccncc4)cc3B3c4ccccc4N(c4ccc(-c5ccncc5)cc4)c4cc(C5CCCCC5)cc2c43)cc1. The standard InChI is InChI=1S/C46H37BN4/c1-3-9-32(10-4-1)37-30-44-46-45(31-37)51(39-18-15-33(16-19-39)34-21-25-48-26-22-34)42-14-8-7-13-40(42)47(46)41-29-36(35-23-27-49-28-24-35)17-20-43(41)50(44)38-11-5-2-6-12-38/h2,5-8,11-32H,1,3-4,9-10H2. The van der Waals surface area contributed by atoms with E-state index in [1.165, 1.54) is 110 Å². The second-order valence-electron chi connectivity index (χ2n) is 14.1. The largest absolute Gasteiger partial charge is 0.311 e. The number of anilines is 6. The predicted molar refractivity (Wildman–Crippen MR) is 213 cm³/mol. The first kappa shape index (κ1) is 29.9. The van der Waals surface area contributed by atoms with E-state index in [1.54, 1.807) is 0 Å². The topological polar surface area (TPSA) is 32.3 Å². The molecule has 5 heteroatoms. The smallest absolute Gasteiger partial charge is 0.252 e. The molecule has 0 unspecified atom stereocenters. The quantitative estimate of drug-likeness (QED) is 0.173. The third kappa shape index (κ3) is 5.07. The van der Waals surface area contributed by atoms with Crippen molar-refractivity contribution >= 4 is 57.2 Å². The van der Waals surface area contributed by atoms with E-state index < -0.39 is 0 Å². The summed E-state index contributed by atoms with van der Waals surface area (Å²) < 4.78 is 0. The maximum Gasteiger partial charge on any atom is 0.252 e. The van der Waals surface area contributed by atoms with Gasteiger partial charge in [-0.05, 0) is 136 Å². The van der Waals surface area contributed by atoms with E-state index >= 15 is 0 Å². The lowest BCUT2D eigenvalue weighted by molar-refractivity contribution is 0.444. The van der Waals surface area contributed by atoms with Gasteiger partial charge in [0.15, 0.2) is 0 Å². The molecule has 1 fully saturated rings. The molecule has 0 spiro atoms. The van der Waals surface area contributed by atoms with Crippen LogP contribution in [0, 0.1) is 0 Å². The van der Waals surface area contributed by atoms with Gasteiger partial charge in [-0.25, -0.2) is 0 Å². The first-order chi connectivity index (χ1) is 25.3. The highest BCUT2D eigenvalue weighted by atomic mass is 15.2. The van der Waals surface area contributed by atoms with Crippen molar-refractivity contribution < 1.29 is 0 Å². The number of hydrogen-bond donors (Lipinski definition) is 0. The van der Waals surface area contributed by atoms with Crippen LogP contribution >= 0.6 is 0 Å². The second-order valence-corrected chi connectivity index (χ2v) is 14.1. The zero-order chi connectivity index (χ0) is 33.7. The Balaban J connectivity index is 1.25. The molecule has 0 saturated heterocycles. The number of aromatic nitrogens is 2. The number of hydrogen-bond acceptors (Lipinski definition) is 4. The van der Waals surface area contributed by atoms with Crippen molar-refractivity contribution in [1.29, 1.82) is 0 Å². The van der Waals surface area contributed by atoms with E-state index in [2.05, 4.69) is 153 Å². The number of fused-ring (bicyclic) bond motifs is 4. The molecule has 5 aromatic carbocycles. The third-order valence-electron chi connectivity index (χ3n) is 11.2. The molecule has 10 rings (SSSR count). The van der Waals surface area contributed by atoms with Crippen LogP contribution < -0.4 is 26.2 Å². The van der Waals surface area contributed by atoms with Gasteiger partial charge in [0.1, 0.15) is 0 Å². The van der Waals surface area contributed by atoms with Gasteiger partial charge in [0.25, 0.3) is 6.71 Å². The molecular formula is C46H37BN4. The monoisotopic (exact) mass is 656 g/mol. The minimum Gasteiger partial charge on any atom is -0.311 e. The molecule has 2 aliphatic heterocycles. The van der Waals surface area contributed by atoms with Crippen LogP contribution in [0.3, 0.4) is 0 Å². The van der Waals surface area contributed by atoms with E-state index in [0.717, 1.165) is 0 Å². The van der Waals surface area contributed by atoms with E-state index in [0.29, 0.717) is 5.92 Å². The van der Waals surface area contributed by atoms with E-state index in [9.17, 15) is 0 Å². The van der Waals surface area contributed by atoms with E-state index in [1.807, 2.05) is 24.8 Å². The van der Waals surface area contributed by atoms with Gasteiger partial charge in [-0.3, -0.25) is 9.97 Å². The molecule has 51 heavy (non-hydrogen) atoms. The Morgan fingerprint density at radius 2 is 1.00 bits per heavy atom. The van der Waals surface area contributed by atoms with Gasteiger partial charge in [-0.1, -0.05) is 79.9 Å². The van der Waals surface area contributed by atoms with Crippen LogP contribution in [0.4, 0.5) is 34.1 Å². The van der Waals surface area contributed by atoms with Crippen LogP contribution in [0.25, 0.3) is 22.3 Å². The van der Waals surface area contributed by atoms with Gasteiger partial charge in [0.2, 0.25) is 0 Å². The Labute approximate surface area is 300 Å². The summed E-state index contributed by atoms with van der Waals surface area (Å²) in [6.45, 7) is 0.0793. The number of pyridine rings is 2. The van der Waals surface area contributed by atoms with Gasteiger partial charge < -0.3 is 9.80 Å². The first-order valence-electron chi connectivity index (χ1n) is 18.3. The molecule has 7 aromatic rings. The summed E-state index contributed by atoms with van der Waals surface area (Å²) in [7, 11) is 0. The Morgan fingerprint density at radius 3 is 1.69 bits per heavy atom. The maximum atomic E-state index is 4.31. The minimum atomic E-state index is 0.0793. The molecular weight excluding hydrogens is 619 g/mol. The average Bonchev–Trinajstić information content (AvgIpc) is 3.22. The van der Waals surface area contributed by atoms with Crippen molar-refractivity contribution in [2.45, 2.75) is 38.0 Å². The molecule has 2 aromatic heterocycles. The van der Waals surface area contributed by atoms with Crippen molar-refractivity contribution in [3.05, 3.63) is 164 Å². The second kappa shape index (κ2) is 12.4. The molecule has 244 valence electrons. The first-order valence-corrected chi connectivity index (χ1v) is 18.3. The van der Waals surface area contributed by atoms with Crippen LogP contribution in [0.2, 0.25) is 0 Å². The summed E-state index contributed by atoms with van der Waals surface area (Å²) in [5.41, 5.74) is 17.7. The summed E-state index contributed by atoms with van der Waals surface area (Å²) in [5.74, 6) is 0.555. The highest BCUT2D eigenvalue weighted by molar-refractivity contribution is 7.00. The van der Waals surface area contributed by atoms with E-state index in [4.69, 9.17) is 0 Å². The minimum absolute atomic E-state index is 0.0793. The van der Waals surface area contributed by atoms with Crippen molar-refractivity contribution in [3.8, 4) is 22.3 Å². The Bertz CT molecular complexity index is 2350. The lowest BCUT2D eigenvalue weighted by atomic mass is 9.33. The fourth-order valence-corrected chi connectivity index (χ4v) is 8.85. The van der Waals surface area contributed by atoms with Crippen molar-refractivity contribution in [3.63, 3.8) is 0 Å². The molecule has 4 heterocycles. The van der Waals surface area contributed by atoms with Crippen LogP contribution in [0.15, 0.2) is 158 Å². The molecule has 1 aliphatic carbocycles. The summed E-state index contributed by atoms with van der Waals surface area (Å²) >= 11 is 0. The van der Waals surface area contributed by atoms with Crippen molar-refractivity contribution in [2.75, 3.05) is 9.80 Å². The molecule has 0 N–H and O–H groups in total. The van der Waals surface area contributed by atoms with Gasteiger partial charge in [0.05, 0.1) is 0 Å². The zero-order valence-corrected chi connectivity index (χ0v) is 28.5.